The maximum absolute atomic E-state index is 12.0. The van der Waals surface area contributed by atoms with Crippen LogP contribution in [0.15, 0.2) is 23.4 Å². The summed E-state index contributed by atoms with van der Waals surface area (Å²) in [6, 6.07) is 3.15. The number of pyridine rings is 1. The molecule has 0 atom stereocenters. The number of amides is 1. The third kappa shape index (κ3) is 5.67. The van der Waals surface area contributed by atoms with Crippen LogP contribution in [0.1, 0.15) is 33.6 Å². The smallest absolute Gasteiger partial charge is 0.410 e. The highest BCUT2D eigenvalue weighted by Gasteiger charge is 2.26. The van der Waals surface area contributed by atoms with Crippen molar-refractivity contribution in [3.05, 3.63) is 28.4 Å². The Morgan fingerprint density at radius 3 is 2.58 bits per heavy atom. The van der Waals surface area contributed by atoms with Gasteiger partial charge in [0.15, 0.2) is 0 Å². The van der Waals surface area contributed by atoms with Crippen LogP contribution in [0.25, 0.3) is 0 Å². The molecular formula is C16H23N3O4S. The molecule has 2 heterocycles. The van der Waals surface area contributed by atoms with Gasteiger partial charge in [0.2, 0.25) is 0 Å². The maximum Gasteiger partial charge on any atom is 0.410 e. The Hall–Kier alpha value is -1.83. The number of hydrogen-bond donors (Lipinski definition) is 0. The summed E-state index contributed by atoms with van der Waals surface area (Å²) in [4.78, 5) is 28.0. The zero-order valence-electron chi connectivity index (χ0n) is 14.2. The first kappa shape index (κ1) is 18.5. The second-order valence-corrected chi connectivity index (χ2v) is 7.87. The molecule has 0 radical (unpaired) electrons. The summed E-state index contributed by atoms with van der Waals surface area (Å²) in [7, 11) is 0. The van der Waals surface area contributed by atoms with Crippen molar-refractivity contribution in [3.8, 4) is 0 Å². The van der Waals surface area contributed by atoms with Crippen molar-refractivity contribution in [2.24, 2.45) is 5.92 Å². The Kier molecular flexibility index (Phi) is 6.04. The molecule has 0 aromatic carbocycles. The molecule has 1 aromatic heterocycles. The lowest BCUT2D eigenvalue weighted by molar-refractivity contribution is -0.385. The van der Waals surface area contributed by atoms with Crippen molar-refractivity contribution in [1.82, 2.24) is 9.88 Å². The van der Waals surface area contributed by atoms with Crippen molar-refractivity contribution in [3.63, 3.8) is 0 Å². The lowest BCUT2D eigenvalue weighted by atomic mass is 9.99. The van der Waals surface area contributed by atoms with Gasteiger partial charge < -0.3 is 9.64 Å². The van der Waals surface area contributed by atoms with Crippen molar-refractivity contribution in [2.45, 2.75) is 44.2 Å². The fourth-order valence-electron chi connectivity index (χ4n) is 2.38. The number of ether oxygens (including phenoxy) is 1. The Bertz CT molecular complexity index is 578. The van der Waals surface area contributed by atoms with Gasteiger partial charge in [0.05, 0.1) is 9.95 Å². The summed E-state index contributed by atoms with van der Waals surface area (Å²) in [5.41, 5.74) is -0.462. The van der Waals surface area contributed by atoms with E-state index in [2.05, 4.69) is 4.98 Å². The summed E-state index contributed by atoms with van der Waals surface area (Å²) in [6.45, 7) is 7.00. The van der Waals surface area contributed by atoms with Crippen LogP contribution < -0.4 is 0 Å². The maximum atomic E-state index is 12.0. The van der Waals surface area contributed by atoms with E-state index in [1.54, 1.807) is 22.7 Å². The molecule has 24 heavy (non-hydrogen) atoms. The van der Waals surface area contributed by atoms with Crippen LogP contribution in [0, 0.1) is 16.0 Å². The summed E-state index contributed by atoms with van der Waals surface area (Å²) in [6.07, 6.45) is 2.90. The number of aromatic nitrogens is 1. The van der Waals surface area contributed by atoms with Gasteiger partial charge in [0.25, 0.3) is 5.69 Å². The fraction of sp³-hybridized carbons (Fsp3) is 0.625. The van der Waals surface area contributed by atoms with E-state index in [-0.39, 0.29) is 11.8 Å². The van der Waals surface area contributed by atoms with Gasteiger partial charge in [-0.25, -0.2) is 9.78 Å². The number of carbonyl (C=O) groups excluding carboxylic acids is 1. The minimum Gasteiger partial charge on any atom is -0.444 e. The number of thioether (sulfide) groups is 1. The summed E-state index contributed by atoms with van der Waals surface area (Å²) < 4.78 is 5.39. The number of nitro groups is 1. The number of piperidine rings is 1. The van der Waals surface area contributed by atoms with Gasteiger partial charge >= 0.3 is 6.09 Å². The zero-order valence-corrected chi connectivity index (χ0v) is 15.0. The van der Waals surface area contributed by atoms with Crippen LogP contribution in [-0.2, 0) is 4.74 Å². The van der Waals surface area contributed by atoms with Crippen molar-refractivity contribution < 1.29 is 14.5 Å². The first-order valence-corrected chi connectivity index (χ1v) is 8.94. The van der Waals surface area contributed by atoms with Crippen molar-refractivity contribution in [1.29, 1.82) is 0 Å². The van der Waals surface area contributed by atoms with E-state index < -0.39 is 10.5 Å². The van der Waals surface area contributed by atoms with E-state index in [4.69, 9.17) is 4.74 Å². The zero-order chi connectivity index (χ0) is 17.7. The van der Waals surface area contributed by atoms with E-state index in [1.165, 1.54) is 12.3 Å². The average Bonchev–Trinajstić information content (AvgIpc) is 2.52. The first-order chi connectivity index (χ1) is 11.2. The molecule has 2 rings (SSSR count). The van der Waals surface area contributed by atoms with Crippen LogP contribution >= 0.6 is 11.8 Å². The SMILES string of the molecule is CC(C)(C)OC(=O)N1CCC(CSc2ccc([N+](=O)[O-])cn2)CC1. The summed E-state index contributed by atoms with van der Waals surface area (Å²) >= 11 is 1.60. The molecule has 7 nitrogen and oxygen atoms in total. The Balaban J connectivity index is 1.75. The second kappa shape index (κ2) is 7.83. The average molecular weight is 353 g/mol. The summed E-state index contributed by atoms with van der Waals surface area (Å²) in [5, 5.41) is 11.4. The molecule has 0 aliphatic carbocycles. The molecule has 8 heteroatoms. The lowest BCUT2D eigenvalue weighted by Gasteiger charge is -2.33. The number of hydrogen-bond acceptors (Lipinski definition) is 6. The number of likely N-dealkylation sites (tertiary alicyclic amines) is 1. The first-order valence-electron chi connectivity index (χ1n) is 7.96. The third-order valence-electron chi connectivity index (χ3n) is 3.66. The molecule has 0 saturated carbocycles. The van der Waals surface area contributed by atoms with E-state index >= 15 is 0 Å². The summed E-state index contributed by atoms with van der Waals surface area (Å²) in [5.74, 6) is 1.40. The van der Waals surface area contributed by atoms with Crippen LogP contribution in [0.3, 0.4) is 0 Å². The molecule has 1 aliphatic heterocycles. The van der Waals surface area contributed by atoms with Crippen molar-refractivity contribution >= 4 is 23.5 Å². The minimum absolute atomic E-state index is 0.00465. The molecule has 1 amide bonds. The molecule has 1 fully saturated rings. The normalized spacial score (nSPS) is 16.0. The van der Waals surface area contributed by atoms with E-state index in [0.717, 1.165) is 23.6 Å². The standard InChI is InChI=1S/C16H23N3O4S/c1-16(2,3)23-15(20)18-8-6-12(7-9-18)11-24-14-5-4-13(10-17-14)19(21)22/h4-5,10,12H,6-9,11H2,1-3H3. The fourth-order valence-corrected chi connectivity index (χ4v) is 3.41. The number of nitrogens with zero attached hydrogens (tertiary/aromatic N) is 3. The Morgan fingerprint density at radius 1 is 1.42 bits per heavy atom. The van der Waals surface area contributed by atoms with Gasteiger partial charge in [0.1, 0.15) is 11.8 Å². The molecule has 1 aliphatic rings. The molecule has 1 saturated heterocycles. The van der Waals surface area contributed by atoms with E-state index in [1.807, 2.05) is 20.8 Å². The number of carbonyl (C=O) groups is 1. The van der Waals surface area contributed by atoms with Gasteiger partial charge in [0, 0.05) is 24.9 Å². The molecule has 1 aromatic rings. The van der Waals surface area contributed by atoms with Gasteiger partial charge in [-0.3, -0.25) is 10.1 Å². The van der Waals surface area contributed by atoms with Gasteiger partial charge in [-0.05, 0) is 45.6 Å². The van der Waals surface area contributed by atoms with Crippen LogP contribution in [0.5, 0.6) is 0 Å². The topological polar surface area (TPSA) is 85.6 Å². The van der Waals surface area contributed by atoms with Crippen molar-refractivity contribution in [2.75, 3.05) is 18.8 Å². The Morgan fingerprint density at radius 2 is 2.08 bits per heavy atom. The molecule has 0 unspecified atom stereocenters. The van der Waals surface area contributed by atoms with Crippen LogP contribution in [0.2, 0.25) is 0 Å². The van der Waals surface area contributed by atoms with Crippen LogP contribution in [-0.4, -0.2) is 45.3 Å². The second-order valence-electron chi connectivity index (χ2n) is 6.83. The Labute approximate surface area is 145 Å². The monoisotopic (exact) mass is 353 g/mol. The highest BCUT2D eigenvalue weighted by atomic mass is 32.2. The highest BCUT2D eigenvalue weighted by Crippen LogP contribution is 2.27. The molecular weight excluding hydrogens is 330 g/mol. The van der Waals surface area contributed by atoms with E-state index in [0.29, 0.717) is 19.0 Å². The highest BCUT2D eigenvalue weighted by molar-refractivity contribution is 7.99. The lowest BCUT2D eigenvalue weighted by Crippen LogP contribution is -2.42. The van der Waals surface area contributed by atoms with Gasteiger partial charge in [-0.1, -0.05) is 0 Å². The van der Waals surface area contributed by atoms with E-state index in [9.17, 15) is 14.9 Å². The molecule has 0 bridgehead atoms. The molecule has 0 spiro atoms. The largest absolute Gasteiger partial charge is 0.444 e. The van der Waals surface area contributed by atoms with Gasteiger partial charge in [-0.15, -0.1) is 11.8 Å². The predicted octanol–water partition coefficient (Wildman–Crippen LogP) is 3.73. The quantitative estimate of drug-likeness (QED) is 0.466. The molecule has 0 N–H and O–H groups in total. The van der Waals surface area contributed by atoms with Crippen LogP contribution in [0.4, 0.5) is 10.5 Å². The number of rotatable bonds is 4. The third-order valence-corrected chi connectivity index (χ3v) is 4.84. The predicted molar refractivity (Wildman–Crippen MR) is 92.1 cm³/mol. The minimum atomic E-state index is -0.467. The van der Waals surface area contributed by atoms with Gasteiger partial charge in [-0.2, -0.15) is 0 Å². The molecule has 132 valence electrons.